The van der Waals surface area contributed by atoms with Crippen LogP contribution in [0.1, 0.15) is 22.4 Å². The molecule has 0 atom stereocenters. The molecule has 0 saturated carbocycles. The highest BCUT2D eigenvalue weighted by atomic mass is 35.5. The number of nitrogens with zero attached hydrogens (tertiary/aromatic N) is 3. The molecule has 0 saturated heterocycles. The van der Waals surface area contributed by atoms with E-state index in [0.717, 1.165) is 39.6 Å². The summed E-state index contributed by atoms with van der Waals surface area (Å²) in [5.41, 5.74) is 6.90. The van der Waals surface area contributed by atoms with Crippen molar-refractivity contribution < 1.29 is 0 Å². The average molecular weight is 358 g/mol. The van der Waals surface area contributed by atoms with Crippen LogP contribution in [-0.2, 0) is 6.42 Å². The number of fused-ring (bicyclic) bond motifs is 1. The third-order valence-electron chi connectivity index (χ3n) is 4.41. The molecule has 0 aliphatic carbocycles. The van der Waals surface area contributed by atoms with Gasteiger partial charge in [0.25, 0.3) is 0 Å². The maximum absolute atomic E-state index is 9.04. The summed E-state index contributed by atoms with van der Waals surface area (Å²) in [6, 6.07) is 21.7. The Balaban J connectivity index is 1.89. The van der Waals surface area contributed by atoms with Crippen LogP contribution in [-0.4, -0.2) is 9.38 Å². The zero-order chi connectivity index (χ0) is 18.1. The van der Waals surface area contributed by atoms with Gasteiger partial charge in [-0.3, -0.25) is 0 Å². The van der Waals surface area contributed by atoms with Crippen molar-refractivity contribution in [2.24, 2.45) is 0 Å². The number of halogens is 1. The Morgan fingerprint density at radius 3 is 2.62 bits per heavy atom. The second kappa shape index (κ2) is 6.67. The van der Waals surface area contributed by atoms with Gasteiger partial charge in [-0.15, -0.1) is 0 Å². The molecule has 0 aliphatic heterocycles. The third-order valence-corrected chi connectivity index (χ3v) is 4.65. The first-order chi connectivity index (χ1) is 12.6. The highest BCUT2D eigenvalue weighted by Crippen LogP contribution is 2.28. The lowest BCUT2D eigenvalue weighted by molar-refractivity contribution is 1.02. The van der Waals surface area contributed by atoms with Gasteiger partial charge in [0, 0.05) is 23.2 Å². The van der Waals surface area contributed by atoms with Gasteiger partial charge in [0.15, 0.2) is 0 Å². The average Bonchev–Trinajstić information content (AvgIpc) is 2.99. The summed E-state index contributed by atoms with van der Waals surface area (Å²) in [7, 11) is 0. The number of aryl methyl sites for hydroxylation is 1. The van der Waals surface area contributed by atoms with Crippen molar-refractivity contribution in [2.75, 3.05) is 0 Å². The summed E-state index contributed by atoms with van der Waals surface area (Å²) < 4.78 is 2.14. The molecule has 4 heteroatoms. The zero-order valence-electron chi connectivity index (χ0n) is 14.3. The molecule has 2 heterocycles. The van der Waals surface area contributed by atoms with Gasteiger partial charge in [-0.1, -0.05) is 41.9 Å². The van der Waals surface area contributed by atoms with Gasteiger partial charge in [0.2, 0.25) is 0 Å². The standard InChI is InChI=1S/C22H16ClN3/c1-15-5-10-21-25-22(18-8-6-16(13-24)7-9-18)20(26(21)14-15)12-17-3-2-4-19(23)11-17/h2-11,14H,12H2,1H3. The lowest BCUT2D eigenvalue weighted by atomic mass is 10.0. The van der Waals surface area contributed by atoms with Gasteiger partial charge in [-0.2, -0.15) is 5.26 Å². The molecule has 0 aliphatic rings. The fraction of sp³-hybridized carbons (Fsp3) is 0.0909. The normalized spacial score (nSPS) is 10.8. The molecule has 4 aromatic rings. The smallest absolute Gasteiger partial charge is 0.137 e. The molecule has 2 aromatic carbocycles. The first-order valence-corrected chi connectivity index (χ1v) is 8.74. The van der Waals surface area contributed by atoms with Crippen molar-refractivity contribution in [3.63, 3.8) is 0 Å². The number of hydrogen-bond donors (Lipinski definition) is 0. The molecule has 0 amide bonds. The predicted molar refractivity (Wildman–Crippen MR) is 104 cm³/mol. The van der Waals surface area contributed by atoms with E-state index in [2.05, 4.69) is 35.7 Å². The van der Waals surface area contributed by atoms with Crippen LogP contribution in [0.2, 0.25) is 5.02 Å². The molecule has 0 unspecified atom stereocenters. The number of benzene rings is 2. The molecule has 4 rings (SSSR count). The number of nitriles is 1. The van der Waals surface area contributed by atoms with E-state index in [1.165, 1.54) is 5.56 Å². The van der Waals surface area contributed by atoms with Gasteiger partial charge in [-0.25, -0.2) is 4.98 Å². The second-order valence-corrected chi connectivity index (χ2v) is 6.77. The van der Waals surface area contributed by atoms with Gasteiger partial charge in [0.1, 0.15) is 5.65 Å². The van der Waals surface area contributed by atoms with Crippen molar-refractivity contribution >= 4 is 17.2 Å². The minimum Gasteiger partial charge on any atom is -0.303 e. The first-order valence-electron chi connectivity index (χ1n) is 8.36. The van der Waals surface area contributed by atoms with E-state index in [1.54, 1.807) is 0 Å². The maximum atomic E-state index is 9.04. The fourth-order valence-corrected chi connectivity index (χ4v) is 3.36. The summed E-state index contributed by atoms with van der Waals surface area (Å²) in [5.74, 6) is 0. The number of hydrogen-bond acceptors (Lipinski definition) is 2. The van der Waals surface area contributed by atoms with E-state index in [4.69, 9.17) is 21.8 Å². The van der Waals surface area contributed by atoms with Crippen molar-refractivity contribution in [1.82, 2.24) is 9.38 Å². The predicted octanol–water partition coefficient (Wildman–Crippen LogP) is 5.43. The van der Waals surface area contributed by atoms with Crippen LogP contribution in [0.5, 0.6) is 0 Å². The monoisotopic (exact) mass is 357 g/mol. The topological polar surface area (TPSA) is 41.1 Å². The Morgan fingerprint density at radius 1 is 1.08 bits per heavy atom. The molecular weight excluding hydrogens is 342 g/mol. The van der Waals surface area contributed by atoms with Crippen LogP contribution in [0.4, 0.5) is 0 Å². The zero-order valence-corrected chi connectivity index (χ0v) is 15.0. The van der Waals surface area contributed by atoms with Crippen LogP contribution < -0.4 is 0 Å². The Labute approximate surface area is 157 Å². The largest absolute Gasteiger partial charge is 0.303 e. The van der Waals surface area contributed by atoms with Gasteiger partial charge in [-0.05, 0) is 48.4 Å². The SMILES string of the molecule is Cc1ccc2nc(-c3ccc(C#N)cc3)c(Cc3cccc(Cl)c3)n2c1. The lowest BCUT2D eigenvalue weighted by Gasteiger charge is -2.07. The maximum Gasteiger partial charge on any atom is 0.137 e. The molecule has 0 N–H and O–H groups in total. The van der Waals surface area contributed by atoms with Crippen molar-refractivity contribution in [1.29, 1.82) is 5.26 Å². The number of imidazole rings is 1. The minimum atomic E-state index is 0.643. The summed E-state index contributed by atoms with van der Waals surface area (Å²) in [6.07, 6.45) is 2.83. The van der Waals surface area contributed by atoms with E-state index in [0.29, 0.717) is 5.56 Å². The van der Waals surface area contributed by atoms with Crippen molar-refractivity contribution in [3.05, 3.63) is 94.3 Å². The molecule has 126 valence electrons. The van der Waals surface area contributed by atoms with Gasteiger partial charge < -0.3 is 4.40 Å². The molecule has 26 heavy (non-hydrogen) atoms. The molecule has 0 bridgehead atoms. The van der Waals surface area contributed by atoms with Crippen molar-refractivity contribution in [2.45, 2.75) is 13.3 Å². The Hall–Kier alpha value is -3.09. The minimum absolute atomic E-state index is 0.643. The fourth-order valence-electron chi connectivity index (χ4n) is 3.14. The number of pyridine rings is 1. The summed E-state index contributed by atoms with van der Waals surface area (Å²) in [6.45, 7) is 2.07. The molecule has 3 nitrogen and oxygen atoms in total. The second-order valence-electron chi connectivity index (χ2n) is 6.34. The molecule has 2 aromatic heterocycles. The Kier molecular flexibility index (Phi) is 4.20. The summed E-state index contributed by atoms with van der Waals surface area (Å²) in [5, 5.41) is 9.77. The quantitative estimate of drug-likeness (QED) is 0.490. The van der Waals surface area contributed by atoms with Crippen molar-refractivity contribution in [3.8, 4) is 17.3 Å². The van der Waals surface area contributed by atoms with Crippen LogP contribution in [0, 0.1) is 18.3 Å². The number of aromatic nitrogens is 2. The van der Waals surface area contributed by atoms with Gasteiger partial charge >= 0.3 is 0 Å². The van der Waals surface area contributed by atoms with E-state index in [-0.39, 0.29) is 0 Å². The number of rotatable bonds is 3. The van der Waals surface area contributed by atoms with E-state index >= 15 is 0 Å². The molecule has 0 spiro atoms. The first kappa shape index (κ1) is 16.4. The highest BCUT2D eigenvalue weighted by molar-refractivity contribution is 6.30. The van der Waals surface area contributed by atoms with Crippen LogP contribution in [0.25, 0.3) is 16.9 Å². The lowest BCUT2D eigenvalue weighted by Crippen LogP contribution is -1.97. The summed E-state index contributed by atoms with van der Waals surface area (Å²) in [4.78, 5) is 4.85. The van der Waals surface area contributed by atoms with Crippen LogP contribution in [0.3, 0.4) is 0 Å². The van der Waals surface area contributed by atoms with Crippen LogP contribution >= 0.6 is 11.6 Å². The molecule has 0 fully saturated rings. The molecule has 0 radical (unpaired) electrons. The molecular formula is C22H16ClN3. The third kappa shape index (κ3) is 3.08. The Bertz CT molecular complexity index is 1130. The van der Waals surface area contributed by atoms with Gasteiger partial charge in [0.05, 0.1) is 23.0 Å². The van der Waals surface area contributed by atoms with E-state index < -0.39 is 0 Å². The highest BCUT2D eigenvalue weighted by Gasteiger charge is 2.15. The summed E-state index contributed by atoms with van der Waals surface area (Å²) >= 11 is 6.17. The van der Waals surface area contributed by atoms with E-state index in [1.807, 2.05) is 48.5 Å². The van der Waals surface area contributed by atoms with E-state index in [9.17, 15) is 0 Å². The Morgan fingerprint density at radius 2 is 1.88 bits per heavy atom. The van der Waals surface area contributed by atoms with Crippen LogP contribution in [0.15, 0.2) is 66.9 Å².